The maximum Gasteiger partial charge on any atom is 0.129 e. The molecule has 2 nitrogen and oxygen atoms in total. The lowest BCUT2D eigenvalue weighted by molar-refractivity contribution is -0.117. The maximum atomic E-state index is 10.8. The number of benzene rings is 1. The molecule has 0 saturated carbocycles. The number of hydrogen-bond acceptors (Lipinski definition) is 2. The Hall–Kier alpha value is -1.31. The van der Waals surface area contributed by atoms with Gasteiger partial charge in [-0.05, 0) is 43.4 Å². The van der Waals surface area contributed by atoms with Crippen molar-refractivity contribution >= 4 is 11.5 Å². The summed E-state index contributed by atoms with van der Waals surface area (Å²) in [6, 6.07) is 8.58. The van der Waals surface area contributed by atoms with Gasteiger partial charge in [0.25, 0.3) is 0 Å². The topological polar surface area (TPSA) is 29.1 Å². The normalized spacial score (nSPS) is 10.6. The van der Waals surface area contributed by atoms with Gasteiger partial charge >= 0.3 is 0 Å². The van der Waals surface area contributed by atoms with Gasteiger partial charge in [-0.15, -0.1) is 0 Å². The molecule has 0 spiro atoms. The number of carbonyl (C=O) groups excluding carboxylic acids is 1. The van der Waals surface area contributed by atoms with E-state index in [0.717, 1.165) is 25.1 Å². The number of rotatable bonds is 7. The number of hydrogen-bond donors (Lipinski definition) is 1. The van der Waals surface area contributed by atoms with Crippen molar-refractivity contribution in [3.05, 3.63) is 29.8 Å². The minimum absolute atomic E-state index is 0.263. The molecule has 0 unspecified atom stereocenters. The Morgan fingerprint density at radius 2 is 1.88 bits per heavy atom. The molecule has 0 heterocycles. The minimum atomic E-state index is 0.263. The molecule has 1 rings (SSSR count). The SMILES string of the molecule is CC(=O)CCCNc1ccc(CC(C)C)cc1. The van der Waals surface area contributed by atoms with Gasteiger partial charge in [-0.2, -0.15) is 0 Å². The summed E-state index contributed by atoms with van der Waals surface area (Å²) in [6.45, 7) is 6.96. The van der Waals surface area contributed by atoms with Gasteiger partial charge < -0.3 is 10.1 Å². The Bertz CT molecular complexity index is 340. The van der Waals surface area contributed by atoms with E-state index in [1.807, 2.05) is 0 Å². The summed E-state index contributed by atoms with van der Waals surface area (Å²) in [5.74, 6) is 0.962. The van der Waals surface area contributed by atoms with Crippen LogP contribution in [0.2, 0.25) is 0 Å². The first-order valence-electron chi connectivity index (χ1n) is 6.40. The van der Waals surface area contributed by atoms with Crippen molar-refractivity contribution in [2.75, 3.05) is 11.9 Å². The predicted molar refractivity (Wildman–Crippen MR) is 73.4 cm³/mol. The molecule has 0 aliphatic carbocycles. The van der Waals surface area contributed by atoms with E-state index in [2.05, 4.69) is 43.4 Å². The van der Waals surface area contributed by atoms with Crippen LogP contribution < -0.4 is 5.32 Å². The van der Waals surface area contributed by atoms with Crippen molar-refractivity contribution in [1.29, 1.82) is 0 Å². The summed E-state index contributed by atoms with van der Waals surface area (Å²) in [6.07, 6.45) is 2.70. The van der Waals surface area contributed by atoms with Crippen LogP contribution in [0.3, 0.4) is 0 Å². The van der Waals surface area contributed by atoms with Crippen LogP contribution in [-0.2, 0) is 11.2 Å². The molecule has 0 bridgehead atoms. The van der Waals surface area contributed by atoms with E-state index in [9.17, 15) is 4.79 Å². The van der Waals surface area contributed by atoms with Gasteiger partial charge in [0.2, 0.25) is 0 Å². The summed E-state index contributed by atoms with van der Waals surface area (Å²) in [5.41, 5.74) is 2.52. The lowest BCUT2D eigenvalue weighted by Crippen LogP contribution is -2.03. The Labute approximate surface area is 104 Å². The van der Waals surface area contributed by atoms with Crippen LogP contribution in [0.5, 0.6) is 0 Å². The quantitative estimate of drug-likeness (QED) is 0.728. The molecule has 0 aliphatic rings. The van der Waals surface area contributed by atoms with E-state index in [-0.39, 0.29) is 5.78 Å². The molecule has 0 saturated heterocycles. The summed E-state index contributed by atoms with van der Waals surface area (Å²) in [5, 5.41) is 3.33. The van der Waals surface area contributed by atoms with E-state index in [0.29, 0.717) is 12.3 Å². The summed E-state index contributed by atoms with van der Waals surface area (Å²) < 4.78 is 0. The molecule has 0 aliphatic heterocycles. The van der Waals surface area contributed by atoms with Crippen molar-refractivity contribution in [2.45, 2.75) is 40.0 Å². The standard InChI is InChI=1S/C15H23NO/c1-12(2)11-14-6-8-15(9-7-14)16-10-4-5-13(3)17/h6-9,12,16H,4-5,10-11H2,1-3H3. The number of carbonyl (C=O) groups is 1. The highest BCUT2D eigenvalue weighted by Crippen LogP contribution is 2.13. The molecule has 0 aromatic heterocycles. The molecule has 0 fully saturated rings. The fraction of sp³-hybridized carbons (Fsp3) is 0.533. The van der Waals surface area contributed by atoms with Gasteiger partial charge in [-0.25, -0.2) is 0 Å². The van der Waals surface area contributed by atoms with Crippen LogP contribution in [0.1, 0.15) is 39.2 Å². The Kier molecular flexibility index (Phi) is 5.75. The highest BCUT2D eigenvalue weighted by Gasteiger charge is 1.98. The Balaban J connectivity index is 2.32. The molecular weight excluding hydrogens is 210 g/mol. The molecule has 94 valence electrons. The van der Waals surface area contributed by atoms with Crippen molar-refractivity contribution in [3.8, 4) is 0 Å². The second kappa shape index (κ2) is 7.10. The van der Waals surface area contributed by atoms with Gasteiger partial charge in [-0.3, -0.25) is 0 Å². The highest BCUT2D eigenvalue weighted by atomic mass is 16.1. The monoisotopic (exact) mass is 233 g/mol. The number of anilines is 1. The first-order valence-corrected chi connectivity index (χ1v) is 6.40. The number of Topliss-reactive ketones (excluding diaryl/α,β-unsaturated/α-hetero) is 1. The number of nitrogens with one attached hydrogen (secondary N) is 1. The molecule has 0 atom stereocenters. The van der Waals surface area contributed by atoms with Crippen LogP contribution in [0.25, 0.3) is 0 Å². The Morgan fingerprint density at radius 1 is 1.24 bits per heavy atom. The zero-order valence-electron chi connectivity index (χ0n) is 11.1. The van der Waals surface area contributed by atoms with Crippen LogP contribution in [0, 0.1) is 5.92 Å². The second-order valence-electron chi connectivity index (χ2n) is 5.03. The van der Waals surface area contributed by atoms with E-state index in [1.165, 1.54) is 5.56 Å². The van der Waals surface area contributed by atoms with Gasteiger partial charge in [-0.1, -0.05) is 26.0 Å². The van der Waals surface area contributed by atoms with E-state index in [1.54, 1.807) is 6.92 Å². The Morgan fingerprint density at radius 3 is 2.41 bits per heavy atom. The first kappa shape index (κ1) is 13.8. The van der Waals surface area contributed by atoms with Crippen molar-refractivity contribution < 1.29 is 4.79 Å². The lowest BCUT2D eigenvalue weighted by atomic mass is 10.0. The zero-order valence-corrected chi connectivity index (χ0v) is 11.1. The van der Waals surface area contributed by atoms with Gasteiger partial charge in [0.15, 0.2) is 0 Å². The van der Waals surface area contributed by atoms with Crippen LogP contribution in [0.4, 0.5) is 5.69 Å². The fourth-order valence-electron chi connectivity index (χ4n) is 1.80. The lowest BCUT2D eigenvalue weighted by Gasteiger charge is -2.08. The van der Waals surface area contributed by atoms with Crippen LogP contribution in [0.15, 0.2) is 24.3 Å². The van der Waals surface area contributed by atoms with Crippen LogP contribution >= 0.6 is 0 Å². The molecule has 1 aromatic carbocycles. The van der Waals surface area contributed by atoms with E-state index < -0.39 is 0 Å². The first-order chi connectivity index (χ1) is 8.08. The fourth-order valence-corrected chi connectivity index (χ4v) is 1.80. The molecule has 0 radical (unpaired) electrons. The van der Waals surface area contributed by atoms with Crippen molar-refractivity contribution in [2.24, 2.45) is 5.92 Å². The zero-order chi connectivity index (χ0) is 12.7. The second-order valence-corrected chi connectivity index (χ2v) is 5.03. The smallest absolute Gasteiger partial charge is 0.129 e. The molecular formula is C15H23NO. The third-order valence-corrected chi connectivity index (χ3v) is 2.63. The van der Waals surface area contributed by atoms with Crippen molar-refractivity contribution in [3.63, 3.8) is 0 Å². The summed E-state index contributed by atoms with van der Waals surface area (Å²) in [4.78, 5) is 10.8. The average Bonchev–Trinajstić information content (AvgIpc) is 2.25. The molecule has 0 amide bonds. The van der Waals surface area contributed by atoms with Gasteiger partial charge in [0, 0.05) is 18.7 Å². The van der Waals surface area contributed by atoms with Crippen molar-refractivity contribution in [1.82, 2.24) is 0 Å². The van der Waals surface area contributed by atoms with Gasteiger partial charge in [0.05, 0.1) is 0 Å². The van der Waals surface area contributed by atoms with E-state index >= 15 is 0 Å². The van der Waals surface area contributed by atoms with E-state index in [4.69, 9.17) is 0 Å². The largest absolute Gasteiger partial charge is 0.385 e. The number of ketones is 1. The molecule has 17 heavy (non-hydrogen) atoms. The average molecular weight is 233 g/mol. The molecule has 1 aromatic rings. The van der Waals surface area contributed by atoms with Crippen LogP contribution in [-0.4, -0.2) is 12.3 Å². The minimum Gasteiger partial charge on any atom is -0.385 e. The summed E-state index contributed by atoms with van der Waals surface area (Å²) >= 11 is 0. The maximum absolute atomic E-state index is 10.8. The third kappa shape index (κ3) is 6.10. The molecule has 2 heteroatoms. The summed E-state index contributed by atoms with van der Waals surface area (Å²) in [7, 11) is 0. The van der Waals surface area contributed by atoms with Gasteiger partial charge in [0.1, 0.15) is 5.78 Å². The third-order valence-electron chi connectivity index (χ3n) is 2.63. The molecule has 1 N–H and O–H groups in total. The highest BCUT2D eigenvalue weighted by molar-refractivity contribution is 5.75. The predicted octanol–water partition coefficient (Wildman–Crippen LogP) is 3.67.